The smallest absolute Gasteiger partial charge is 0.331 e. The fraction of sp³-hybridized carbons (Fsp3) is 0.667. The lowest BCUT2D eigenvalue weighted by atomic mass is 9.91. The lowest BCUT2D eigenvalue weighted by molar-refractivity contribution is -0.134. The Balaban J connectivity index is 5.03. The highest BCUT2D eigenvalue weighted by atomic mass is 16.4. The summed E-state index contributed by atoms with van der Waals surface area (Å²) in [6.45, 7) is 6.19. The maximum absolute atomic E-state index is 11.4. The standard InChI is InChI=1S/C18H30O4/c1-4-7-9-14(6-3)13-16(18(21)22)12-11-15(17(19)20)10-8-5-2/h11-12,14H,4-10,13H2,1-3H3,(H,19,20)(H,21,22). The van der Waals surface area contributed by atoms with Gasteiger partial charge in [0.1, 0.15) is 0 Å². The molecule has 0 saturated carbocycles. The molecule has 0 aromatic carbocycles. The van der Waals surface area contributed by atoms with Crippen LogP contribution in [0, 0.1) is 5.92 Å². The molecule has 1 unspecified atom stereocenters. The van der Waals surface area contributed by atoms with Gasteiger partial charge in [-0.15, -0.1) is 0 Å². The second kappa shape index (κ2) is 12.0. The van der Waals surface area contributed by atoms with Gasteiger partial charge in [-0.3, -0.25) is 0 Å². The minimum absolute atomic E-state index is 0.280. The van der Waals surface area contributed by atoms with Crippen molar-refractivity contribution in [2.75, 3.05) is 0 Å². The van der Waals surface area contributed by atoms with E-state index in [9.17, 15) is 14.7 Å². The highest BCUT2D eigenvalue weighted by Gasteiger charge is 2.14. The third-order valence-corrected chi connectivity index (χ3v) is 3.89. The third-order valence-electron chi connectivity index (χ3n) is 3.89. The second-order valence-electron chi connectivity index (χ2n) is 5.72. The van der Waals surface area contributed by atoms with Crippen LogP contribution in [0.25, 0.3) is 0 Å². The van der Waals surface area contributed by atoms with Crippen molar-refractivity contribution in [2.45, 2.75) is 72.1 Å². The molecular formula is C18H30O4. The molecule has 0 amide bonds. The van der Waals surface area contributed by atoms with E-state index >= 15 is 0 Å². The molecule has 0 aliphatic carbocycles. The molecule has 0 rings (SSSR count). The van der Waals surface area contributed by atoms with Crippen LogP contribution in [0.4, 0.5) is 0 Å². The van der Waals surface area contributed by atoms with Crippen LogP contribution in [-0.2, 0) is 9.59 Å². The van der Waals surface area contributed by atoms with Gasteiger partial charge in [-0.05, 0) is 25.2 Å². The summed E-state index contributed by atoms with van der Waals surface area (Å²) in [5.74, 6) is -1.57. The maximum Gasteiger partial charge on any atom is 0.331 e. The van der Waals surface area contributed by atoms with E-state index in [1.165, 1.54) is 12.2 Å². The summed E-state index contributed by atoms with van der Waals surface area (Å²) in [6, 6.07) is 0. The molecule has 2 N–H and O–H groups in total. The van der Waals surface area contributed by atoms with Crippen LogP contribution >= 0.6 is 0 Å². The van der Waals surface area contributed by atoms with E-state index in [0.717, 1.165) is 38.5 Å². The van der Waals surface area contributed by atoms with Gasteiger partial charge in [0, 0.05) is 11.1 Å². The molecule has 0 heterocycles. The first-order valence-electron chi connectivity index (χ1n) is 8.32. The van der Waals surface area contributed by atoms with Gasteiger partial charge in [-0.2, -0.15) is 0 Å². The molecule has 0 fully saturated rings. The minimum Gasteiger partial charge on any atom is -0.478 e. The molecule has 0 saturated heterocycles. The average Bonchev–Trinajstić information content (AvgIpc) is 2.48. The number of unbranched alkanes of at least 4 members (excludes halogenated alkanes) is 2. The third kappa shape index (κ3) is 8.65. The van der Waals surface area contributed by atoms with E-state index in [0.29, 0.717) is 24.3 Å². The van der Waals surface area contributed by atoms with Crippen molar-refractivity contribution < 1.29 is 19.8 Å². The molecule has 4 nitrogen and oxygen atoms in total. The minimum atomic E-state index is -0.965. The van der Waals surface area contributed by atoms with E-state index < -0.39 is 11.9 Å². The van der Waals surface area contributed by atoms with E-state index in [1.807, 2.05) is 6.92 Å². The second-order valence-corrected chi connectivity index (χ2v) is 5.72. The average molecular weight is 310 g/mol. The number of allylic oxidation sites excluding steroid dienone is 2. The van der Waals surface area contributed by atoms with Crippen LogP contribution in [0.3, 0.4) is 0 Å². The molecule has 126 valence electrons. The van der Waals surface area contributed by atoms with Gasteiger partial charge in [0.15, 0.2) is 0 Å². The molecule has 0 aliphatic heterocycles. The summed E-state index contributed by atoms with van der Waals surface area (Å²) in [5.41, 5.74) is 0.584. The Labute approximate surface area is 133 Å². The molecular weight excluding hydrogens is 280 g/mol. The van der Waals surface area contributed by atoms with Gasteiger partial charge in [0.25, 0.3) is 0 Å². The predicted molar refractivity (Wildman–Crippen MR) is 88.9 cm³/mol. The Hall–Kier alpha value is -1.58. The van der Waals surface area contributed by atoms with Crippen LogP contribution < -0.4 is 0 Å². The zero-order chi connectivity index (χ0) is 17.0. The number of aliphatic carboxylic acids is 2. The Kier molecular flexibility index (Phi) is 11.2. The van der Waals surface area contributed by atoms with Crippen LogP contribution in [0.15, 0.2) is 23.3 Å². The topological polar surface area (TPSA) is 74.6 Å². The van der Waals surface area contributed by atoms with Gasteiger partial charge in [0.05, 0.1) is 0 Å². The lowest BCUT2D eigenvalue weighted by Crippen LogP contribution is -2.08. The summed E-state index contributed by atoms with van der Waals surface area (Å²) in [5, 5.41) is 18.5. The number of carboxylic acid groups (broad SMARTS) is 2. The van der Waals surface area contributed by atoms with Crippen molar-refractivity contribution in [2.24, 2.45) is 5.92 Å². The van der Waals surface area contributed by atoms with Crippen molar-refractivity contribution in [1.82, 2.24) is 0 Å². The summed E-state index contributed by atoms with van der Waals surface area (Å²) in [6.07, 6.45) is 9.78. The van der Waals surface area contributed by atoms with Crippen molar-refractivity contribution in [3.8, 4) is 0 Å². The van der Waals surface area contributed by atoms with E-state index in [1.54, 1.807) is 0 Å². The van der Waals surface area contributed by atoms with Crippen LogP contribution in [0.5, 0.6) is 0 Å². The summed E-state index contributed by atoms with van der Waals surface area (Å²) in [7, 11) is 0. The Morgan fingerprint density at radius 3 is 1.91 bits per heavy atom. The highest BCUT2D eigenvalue weighted by molar-refractivity contribution is 5.89. The molecule has 4 heteroatoms. The number of carbonyl (C=O) groups is 2. The van der Waals surface area contributed by atoms with Crippen molar-refractivity contribution >= 4 is 11.9 Å². The molecule has 22 heavy (non-hydrogen) atoms. The first-order chi connectivity index (χ1) is 10.5. The Morgan fingerprint density at radius 1 is 0.909 bits per heavy atom. The SMILES string of the molecule is CCCCC(=CC=C(CC(CC)CCCC)C(=O)O)C(=O)O. The Bertz CT molecular complexity index is 407. The predicted octanol–water partition coefficient (Wildman–Crippen LogP) is 4.81. The summed E-state index contributed by atoms with van der Waals surface area (Å²) in [4.78, 5) is 22.5. The van der Waals surface area contributed by atoms with Crippen LogP contribution in [0.2, 0.25) is 0 Å². The molecule has 0 radical (unpaired) electrons. The molecule has 0 aliphatic rings. The molecule has 1 atom stereocenters. The van der Waals surface area contributed by atoms with E-state index in [2.05, 4.69) is 13.8 Å². The first-order valence-corrected chi connectivity index (χ1v) is 8.32. The first kappa shape index (κ1) is 20.4. The maximum atomic E-state index is 11.4. The summed E-state index contributed by atoms with van der Waals surface area (Å²) >= 11 is 0. The van der Waals surface area contributed by atoms with Gasteiger partial charge in [0.2, 0.25) is 0 Å². The molecule has 0 spiro atoms. The van der Waals surface area contributed by atoms with Crippen LogP contribution in [0.1, 0.15) is 72.1 Å². The number of carboxylic acids is 2. The summed E-state index contributed by atoms with van der Waals surface area (Å²) < 4.78 is 0. The number of hydrogen-bond acceptors (Lipinski definition) is 2. The fourth-order valence-corrected chi connectivity index (χ4v) is 2.31. The zero-order valence-electron chi connectivity index (χ0n) is 14.1. The number of rotatable bonds is 12. The Morgan fingerprint density at radius 2 is 1.45 bits per heavy atom. The van der Waals surface area contributed by atoms with Crippen molar-refractivity contribution in [3.05, 3.63) is 23.3 Å². The molecule has 0 aromatic rings. The fourth-order valence-electron chi connectivity index (χ4n) is 2.31. The quantitative estimate of drug-likeness (QED) is 0.401. The molecule has 0 bridgehead atoms. The lowest BCUT2D eigenvalue weighted by Gasteiger charge is -2.14. The van der Waals surface area contributed by atoms with Crippen molar-refractivity contribution in [3.63, 3.8) is 0 Å². The highest BCUT2D eigenvalue weighted by Crippen LogP contribution is 2.22. The molecule has 0 aromatic heterocycles. The monoisotopic (exact) mass is 310 g/mol. The van der Waals surface area contributed by atoms with E-state index in [4.69, 9.17) is 5.11 Å². The van der Waals surface area contributed by atoms with Gasteiger partial charge < -0.3 is 10.2 Å². The van der Waals surface area contributed by atoms with Gasteiger partial charge in [-0.25, -0.2) is 9.59 Å². The van der Waals surface area contributed by atoms with Crippen LogP contribution in [-0.4, -0.2) is 22.2 Å². The van der Waals surface area contributed by atoms with Gasteiger partial charge in [-0.1, -0.05) is 65.0 Å². The zero-order valence-corrected chi connectivity index (χ0v) is 14.1. The van der Waals surface area contributed by atoms with E-state index in [-0.39, 0.29) is 5.57 Å². The largest absolute Gasteiger partial charge is 0.478 e. The van der Waals surface area contributed by atoms with Crippen molar-refractivity contribution in [1.29, 1.82) is 0 Å². The number of hydrogen-bond donors (Lipinski definition) is 2. The van der Waals surface area contributed by atoms with Gasteiger partial charge >= 0.3 is 11.9 Å². The normalized spacial score (nSPS) is 14.0.